The number of oxazole rings is 1. The van der Waals surface area contributed by atoms with Crippen molar-refractivity contribution in [2.75, 3.05) is 5.32 Å². The molecule has 0 unspecified atom stereocenters. The van der Waals surface area contributed by atoms with E-state index in [-0.39, 0.29) is 29.4 Å². The Bertz CT molecular complexity index is 1300. The molecule has 1 amide bonds. The van der Waals surface area contributed by atoms with Crippen LogP contribution in [0.1, 0.15) is 31.7 Å². The van der Waals surface area contributed by atoms with E-state index < -0.39 is 0 Å². The van der Waals surface area contributed by atoms with Crippen molar-refractivity contribution in [2.24, 2.45) is 5.92 Å². The minimum atomic E-state index is -0.385. The Kier molecular flexibility index (Phi) is 4.89. The van der Waals surface area contributed by atoms with Crippen molar-refractivity contribution in [1.29, 1.82) is 0 Å². The van der Waals surface area contributed by atoms with E-state index in [4.69, 9.17) is 4.42 Å². The second-order valence-corrected chi connectivity index (χ2v) is 7.80. The second kappa shape index (κ2) is 7.86. The van der Waals surface area contributed by atoms with Gasteiger partial charge in [-0.25, -0.2) is 13.9 Å². The predicted octanol–water partition coefficient (Wildman–Crippen LogP) is 4.29. The monoisotopic (exact) mass is 420 g/mol. The number of carbonyl (C=O) groups excluding carboxylic acids is 1. The van der Waals surface area contributed by atoms with Gasteiger partial charge < -0.3 is 9.73 Å². The summed E-state index contributed by atoms with van der Waals surface area (Å²) >= 11 is 0. The number of halogens is 1. The average molecular weight is 420 g/mol. The summed E-state index contributed by atoms with van der Waals surface area (Å²) < 4.78 is 22.4. The number of nitrogens with zero attached hydrogens (tertiary/aromatic N) is 3. The smallest absolute Gasteiger partial charge is 0.408 e. The fraction of sp³-hybridized carbons (Fsp3) is 0.261. The topological polar surface area (TPSA) is 82.1 Å². The third-order valence-electron chi connectivity index (χ3n) is 5.89. The Balaban J connectivity index is 1.24. The fourth-order valence-corrected chi connectivity index (χ4v) is 4.32. The van der Waals surface area contributed by atoms with Gasteiger partial charge in [0, 0.05) is 24.2 Å². The van der Waals surface area contributed by atoms with Gasteiger partial charge in [-0.15, -0.1) is 5.10 Å². The molecule has 31 heavy (non-hydrogen) atoms. The van der Waals surface area contributed by atoms with Gasteiger partial charge in [-0.2, -0.15) is 0 Å². The van der Waals surface area contributed by atoms with Gasteiger partial charge in [0.1, 0.15) is 11.5 Å². The molecule has 4 aromatic rings. The van der Waals surface area contributed by atoms with Crippen molar-refractivity contribution in [3.05, 3.63) is 77.2 Å². The third-order valence-corrected chi connectivity index (χ3v) is 5.89. The quantitative estimate of drug-likeness (QED) is 0.534. The summed E-state index contributed by atoms with van der Waals surface area (Å²) in [5, 5.41) is 7.10. The third kappa shape index (κ3) is 3.65. The van der Waals surface area contributed by atoms with Gasteiger partial charge in [0.15, 0.2) is 11.4 Å². The summed E-state index contributed by atoms with van der Waals surface area (Å²) in [7, 11) is 0. The normalized spacial score (nSPS) is 18.9. The minimum Gasteiger partial charge on any atom is -0.408 e. The number of hydrogen-bond acceptors (Lipinski definition) is 4. The van der Waals surface area contributed by atoms with Gasteiger partial charge >= 0.3 is 5.76 Å². The molecule has 158 valence electrons. The van der Waals surface area contributed by atoms with Crippen LogP contribution in [-0.4, -0.2) is 20.3 Å². The van der Waals surface area contributed by atoms with Gasteiger partial charge in [-0.05, 0) is 49.9 Å². The number of hydrogen-bond donors (Lipinski definition) is 1. The maximum absolute atomic E-state index is 13.9. The lowest BCUT2D eigenvalue weighted by Crippen LogP contribution is -2.30. The number of fused-ring (bicyclic) bond motifs is 1. The van der Waals surface area contributed by atoms with E-state index in [1.165, 1.54) is 10.7 Å². The van der Waals surface area contributed by atoms with E-state index in [0.717, 1.165) is 5.52 Å². The molecule has 0 spiro atoms. The van der Waals surface area contributed by atoms with E-state index in [9.17, 15) is 14.0 Å². The molecule has 2 aromatic heterocycles. The van der Waals surface area contributed by atoms with Crippen molar-refractivity contribution in [2.45, 2.75) is 31.7 Å². The first-order valence-corrected chi connectivity index (χ1v) is 10.3. The van der Waals surface area contributed by atoms with Crippen LogP contribution in [-0.2, 0) is 4.79 Å². The van der Waals surface area contributed by atoms with Crippen LogP contribution in [0.3, 0.4) is 0 Å². The van der Waals surface area contributed by atoms with E-state index in [1.54, 1.807) is 41.1 Å². The first-order valence-electron chi connectivity index (χ1n) is 10.3. The first kappa shape index (κ1) is 19.3. The van der Waals surface area contributed by atoms with Crippen LogP contribution in [0, 0.1) is 11.7 Å². The highest BCUT2D eigenvalue weighted by Gasteiger charge is 2.29. The summed E-state index contributed by atoms with van der Waals surface area (Å²) in [5.74, 6) is -0.630. The summed E-state index contributed by atoms with van der Waals surface area (Å²) in [6, 6.07) is 15.4. The number of benzene rings is 2. The summed E-state index contributed by atoms with van der Waals surface area (Å²) in [6.45, 7) is 0. The highest BCUT2D eigenvalue weighted by Crippen LogP contribution is 2.34. The van der Waals surface area contributed by atoms with Crippen LogP contribution in [0.5, 0.6) is 0 Å². The molecule has 1 fully saturated rings. The molecule has 1 saturated carbocycles. The highest BCUT2D eigenvalue weighted by atomic mass is 19.1. The lowest BCUT2D eigenvalue weighted by atomic mass is 9.85. The molecule has 5 rings (SSSR count). The molecule has 0 atom stereocenters. The molecule has 0 saturated heterocycles. The second-order valence-electron chi connectivity index (χ2n) is 7.80. The summed E-state index contributed by atoms with van der Waals surface area (Å²) in [5.41, 5.74) is 1.69. The molecule has 1 aliphatic carbocycles. The minimum absolute atomic E-state index is 0.0143. The number of nitrogens with one attached hydrogen (secondary N) is 1. The molecule has 2 heterocycles. The number of para-hydroxylation sites is 3. The molecule has 0 aliphatic heterocycles. The Labute approximate surface area is 177 Å². The number of amides is 1. The maximum Gasteiger partial charge on any atom is 0.420 e. The molecular formula is C23H21FN4O3. The van der Waals surface area contributed by atoms with Gasteiger partial charge in [0.05, 0.1) is 5.52 Å². The zero-order chi connectivity index (χ0) is 21.4. The Morgan fingerprint density at radius 1 is 1.03 bits per heavy atom. The van der Waals surface area contributed by atoms with E-state index in [2.05, 4.69) is 10.4 Å². The number of anilines is 1. The molecule has 8 heteroatoms. The van der Waals surface area contributed by atoms with Gasteiger partial charge in [0.25, 0.3) is 0 Å². The van der Waals surface area contributed by atoms with Crippen LogP contribution < -0.4 is 11.1 Å². The van der Waals surface area contributed by atoms with Crippen molar-refractivity contribution >= 4 is 22.8 Å². The van der Waals surface area contributed by atoms with Crippen molar-refractivity contribution in [1.82, 2.24) is 14.3 Å². The van der Waals surface area contributed by atoms with Crippen LogP contribution in [0.25, 0.3) is 16.8 Å². The van der Waals surface area contributed by atoms with Crippen LogP contribution in [0.4, 0.5) is 10.2 Å². The van der Waals surface area contributed by atoms with Crippen LogP contribution >= 0.6 is 0 Å². The van der Waals surface area contributed by atoms with Gasteiger partial charge in [-0.3, -0.25) is 9.36 Å². The van der Waals surface area contributed by atoms with Crippen molar-refractivity contribution in [3.63, 3.8) is 0 Å². The largest absolute Gasteiger partial charge is 0.420 e. The predicted molar refractivity (Wildman–Crippen MR) is 114 cm³/mol. The molecule has 2 aromatic carbocycles. The number of rotatable bonds is 4. The van der Waals surface area contributed by atoms with Crippen LogP contribution in [0.15, 0.2) is 70.0 Å². The lowest BCUT2D eigenvalue weighted by molar-refractivity contribution is -0.121. The Morgan fingerprint density at radius 3 is 2.58 bits per heavy atom. The Morgan fingerprint density at radius 2 is 1.77 bits per heavy atom. The zero-order valence-corrected chi connectivity index (χ0v) is 16.7. The molecule has 7 nitrogen and oxygen atoms in total. The van der Waals surface area contributed by atoms with E-state index >= 15 is 0 Å². The number of carbonyl (C=O) groups is 1. The molecular weight excluding hydrogens is 399 g/mol. The SMILES string of the molecule is O=C(Nc1ccn(-c2ccccc2F)n1)C1CCC(n2c(=O)oc3ccccc32)CC1. The zero-order valence-electron chi connectivity index (χ0n) is 16.7. The fourth-order valence-electron chi connectivity index (χ4n) is 4.32. The summed E-state index contributed by atoms with van der Waals surface area (Å²) in [6.07, 6.45) is 4.37. The van der Waals surface area contributed by atoms with E-state index in [1.807, 2.05) is 18.2 Å². The molecule has 0 bridgehead atoms. The standard InChI is InChI=1S/C23H21FN4O3/c24-17-5-1-2-6-18(17)27-14-13-21(26-27)25-22(29)15-9-11-16(12-10-15)28-19-7-3-4-8-20(19)31-23(28)30/h1-8,13-16H,9-12H2,(H,25,26,29). The van der Waals surface area contributed by atoms with Gasteiger partial charge in [-0.1, -0.05) is 24.3 Å². The van der Waals surface area contributed by atoms with Crippen molar-refractivity contribution in [3.8, 4) is 5.69 Å². The van der Waals surface area contributed by atoms with Crippen LogP contribution in [0.2, 0.25) is 0 Å². The lowest BCUT2D eigenvalue weighted by Gasteiger charge is -2.28. The first-order chi connectivity index (χ1) is 15.1. The maximum atomic E-state index is 13.9. The average Bonchev–Trinajstić information content (AvgIpc) is 3.37. The molecule has 1 N–H and O–H groups in total. The number of aromatic nitrogens is 3. The van der Waals surface area contributed by atoms with Crippen molar-refractivity contribution < 1.29 is 13.6 Å². The molecule has 0 radical (unpaired) electrons. The Hall–Kier alpha value is -3.68. The van der Waals surface area contributed by atoms with E-state index in [0.29, 0.717) is 42.8 Å². The highest BCUT2D eigenvalue weighted by molar-refractivity contribution is 5.91. The van der Waals surface area contributed by atoms with Gasteiger partial charge in [0.2, 0.25) is 5.91 Å². The summed E-state index contributed by atoms with van der Waals surface area (Å²) in [4.78, 5) is 25.0. The molecule has 1 aliphatic rings.